The van der Waals surface area contributed by atoms with Gasteiger partial charge in [0, 0.05) is 12.8 Å². The number of carbonyl (C=O) groups excluding carboxylic acids is 2. The maximum Gasteiger partial charge on any atom is 0.472 e. The molecule has 0 aliphatic heterocycles. The Balaban J connectivity index is 4.07. The lowest BCUT2D eigenvalue weighted by Gasteiger charge is -2.24. The summed E-state index contributed by atoms with van der Waals surface area (Å²) in [4.78, 5) is 35.7. The lowest BCUT2D eigenvalue weighted by atomic mass is 10.0. The molecule has 434 valence electrons. The summed E-state index contributed by atoms with van der Waals surface area (Å²) in [7, 11) is 1.48. The largest absolute Gasteiger partial charge is 0.472 e. The fourth-order valence-electron chi connectivity index (χ4n) is 8.47. The van der Waals surface area contributed by atoms with Crippen LogP contribution in [0.15, 0.2) is 85.1 Å². The van der Waals surface area contributed by atoms with Gasteiger partial charge in [0.1, 0.15) is 19.8 Å². The van der Waals surface area contributed by atoms with Gasteiger partial charge in [-0.2, -0.15) is 0 Å². The Labute approximate surface area is 462 Å². The lowest BCUT2D eigenvalue weighted by molar-refractivity contribution is -0.870. The van der Waals surface area contributed by atoms with Gasteiger partial charge in [-0.3, -0.25) is 18.6 Å². The number of allylic oxidation sites excluding steroid dienone is 14. The molecule has 0 saturated carbocycles. The van der Waals surface area contributed by atoms with Crippen molar-refractivity contribution in [1.29, 1.82) is 0 Å². The molecule has 0 aromatic rings. The predicted octanol–water partition coefficient (Wildman–Crippen LogP) is 19.4. The third kappa shape index (κ3) is 60.3. The lowest BCUT2D eigenvalue weighted by Crippen LogP contribution is -2.37. The molecule has 0 bridgehead atoms. The van der Waals surface area contributed by atoms with Crippen LogP contribution < -0.4 is 0 Å². The van der Waals surface area contributed by atoms with Crippen LogP contribution in [0.25, 0.3) is 0 Å². The number of esters is 2. The minimum absolute atomic E-state index is 0.0306. The molecule has 0 amide bonds. The molecule has 1 N–H and O–H groups in total. The van der Waals surface area contributed by atoms with Gasteiger partial charge in [0.25, 0.3) is 0 Å². The van der Waals surface area contributed by atoms with Crippen molar-refractivity contribution in [2.75, 3.05) is 47.5 Å². The van der Waals surface area contributed by atoms with Gasteiger partial charge in [0.05, 0.1) is 27.7 Å². The summed E-state index contributed by atoms with van der Waals surface area (Å²) < 4.78 is 34.6. The van der Waals surface area contributed by atoms with E-state index in [-0.39, 0.29) is 25.6 Å². The van der Waals surface area contributed by atoms with Crippen molar-refractivity contribution in [3.63, 3.8) is 0 Å². The summed E-state index contributed by atoms with van der Waals surface area (Å²) in [5, 5.41) is 0. The number of rotatable bonds is 56. The normalized spacial score (nSPS) is 13.8. The quantitative estimate of drug-likeness (QED) is 0.0211. The Bertz CT molecular complexity index is 1540. The van der Waals surface area contributed by atoms with Crippen LogP contribution in [0.2, 0.25) is 0 Å². The molecule has 0 aliphatic carbocycles. The summed E-state index contributed by atoms with van der Waals surface area (Å²) in [6.45, 7) is 4.34. The fraction of sp³-hybridized carbons (Fsp3) is 0.754. The van der Waals surface area contributed by atoms with Crippen molar-refractivity contribution in [3.05, 3.63) is 85.1 Å². The molecular weight excluding hydrogens is 954 g/mol. The van der Waals surface area contributed by atoms with Crippen LogP contribution in [0.3, 0.4) is 0 Å². The third-order valence-corrected chi connectivity index (χ3v) is 14.2. The highest BCUT2D eigenvalue weighted by atomic mass is 31.2. The maximum absolute atomic E-state index is 12.8. The van der Waals surface area contributed by atoms with E-state index in [1.54, 1.807) is 0 Å². The number of hydrogen-bond acceptors (Lipinski definition) is 7. The number of carbonyl (C=O) groups is 2. The minimum Gasteiger partial charge on any atom is -0.462 e. The van der Waals surface area contributed by atoms with E-state index in [4.69, 9.17) is 18.5 Å². The topological polar surface area (TPSA) is 108 Å². The van der Waals surface area contributed by atoms with Gasteiger partial charge in [-0.25, -0.2) is 4.57 Å². The third-order valence-electron chi connectivity index (χ3n) is 13.2. The predicted molar refractivity (Wildman–Crippen MR) is 321 cm³/mol. The van der Waals surface area contributed by atoms with E-state index in [1.807, 2.05) is 21.1 Å². The highest BCUT2D eigenvalue weighted by molar-refractivity contribution is 7.47. The van der Waals surface area contributed by atoms with Crippen molar-refractivity contribution < 1.29 is 42.1 Å². The van der Waals surface area contributed by atoms with Crippen LogP contribution in [0.1, 0.15) is 264 Å². The average Bonchev–Trinajstić information content (AvgIpc) is 3.37. The maximum atomic E-state index is 12.8. The zero-order valence-electron chi connectivity index (χ0n) is 49.3. The number of nitrogens with zero attached hydrogens (tertiary/aromatic N) is 1. The summed E-state index contributed by atoms with van der Waals surface area (Å²) in [6, 6.07) is 0. The Kier molecular flexibility index (Phi) is 53.8. The molecule has 10 heteroatoms. The summed E-state index contributed by atoms with van der Waals surface area (Å²) >= 11 is 0. The van der Waals surface area contributed by atoms with Crippen molar-refractivity contribution >= 4 is 19.8 Å². The Morgan fingerprint density at radius 1 is 0.427 bits per heavy atom. The molecule has 2 unspecified atom stereocenters. The molecule has 0 heterocycles. The Hall–Kier alpha value is -2.81. The van der Waals surface area contributed by atoms with Crippen molar-refractivity contribution in [3.8, 4) is 0 Å². The first kappa shape index (κ1) is 72.2. The van der Waals surface area contributed by atoms with Gasteiger partial charge < -0.3 is 18.9 Å². The zero-order chi connectivity index (χ0) is 54.9. The standard InChI is InChI=1S/C65H116NO8P/c1-6-8-10-12-14-16-18-20-22-24-25-26-27-28-29-30-31-32-33-34-35-36-37-38-39-40-41-42-44-46-48-50-52-54-56-58-65(68)74-63(62-73-75(69,70)72-60-59-66(3,4)5)61-71-64(67)57-55-53-51-49-47-45-43-23-21-19-17-15-13-11-9-7-2/h8,10,14,16,20,22,25-26,28-29,31-32,34-35,63H,6-7,9,11-13,15,17-19,21,23-24,27,30,33,36-62H2,1-5H3/p+1/b10-8-,16-14-,22-20-,26-25-,29-28-,32-31-,35-34-. The van der Waals surface area contributed by atoms with Gasteiger partial charge in [-0.15, -0.1) is 0 Å². The number of quaternary nitrogens is 1. The van der Waals surface area contributed by atoms with Crippen molar-refractivity contribution in [1.82, 2.24) is 0 Å². The van der Waals surface area contributed by atoms with Gasteiger partial charge in [-0.05, 0) is 70.6 Å². The first-order chi connectivity index (χ1) is 36.5. The molecule has 2 atom stereocenters. The molecule has 0 aliphatic rings. The van der Waals surface area contributed by atoms with Crippen LogP contribution in [-0.4, -0.2) is 74.9 Å². The van der Waals surface area contributed by atoms with Crippen LogP contribution >= 0.6 is 7.82 Å². The van der Waals surface area contributed by atoms with E-state index in [2.05, 4.69) is 98.9 Å². The summed E-state index contributed by atoms with van der Waals surface area (Å²) in [5.74, 6) is -0.791. The second-order valence-corrected chi connectivity index (χ2v) is 23.2. The molecule has 75 heavy (non-hydrogen) atoms. The van der Waals surface area contributed by atoms with Crippen LogP contribution in [-0.2, 0) is 32.7 Å². The smallest absolute Gasteiger partial charge is 0.462 e. The van der Waals surface area contributed by atoms with E-state index in [9.17, 15) is 19.0 Å². The van der Waals surface area contributed by atoms with E-state index in [1.165, 1.54) is 148 Å². The molecule has 0 saturated heterocycles. The van der Waals surface area contributed by atoms with E-state index in [0.29, 0.717) is 23.9 Å². The van der Waals surface area contributed by atoms with Crippen LogP contribution in [0, 0.1) is 0 Å². The molecule has 0 spiro atoms. The SMILES string of the molecule is CC/C=C\C/C=C\C/C=C\C/C=C\C/C=C\C/C=C\C/C=C\CCCCCCCCCCCCCCCC(=O)OC(COC(=O)CCCCCCCCCCCCCCCCCC)COP(=O)(O)OCC[N+](C)(C)C. The number of phosphoric ester groups is 1. The summed E-state index contributed by atoms with van der Waals surface area (Å²) in [6.07, 6.45) is 75.2. The van der Waals surface area contributed by atoms with Crippen LogP contribution in [0.4, 0.5) is 0 Å². The van der Waals surface area contributed by atoms with Gasteiger partial charge in [-0.1, -0.05) is 266 Å². The van der Waals surface area contributed by atoms with Gasteiger partial charge in [0.2, 0.25) is 0 Å². The molecule has 0 aromatic carbocycles. The number of likely N-dealkylation sites (N-methyl/N-ethyl adjacent to an activating group) is 1. The second kappa shape index (κ2) is 55.9. The van der Waals surface area contributed by atoms with Gasteiger partial charge in [0.15, 0.2) is 6.10 Å². The molecule has 0 fully saturated rings. The molecule has 0 aromatic heterocycles. The number of hydrogen-bond donors (Lipinski definition) is 1. The highest BCUT2D eigenvalue weighted by Crippen LogP contribution is 2.43. The molecule has 0 radical (unpaired) electrons. The number of ether oxygens (including phenoxy) is 2. The number of unbranched alkanes of at least 4 members (excludes halogenated alkanes) is 28. The first-order valence-corrected chi connectivity index (χ1v) is 32.3. The van der Waals surface area contributed by atoms with E-state index < -0.39 is 26.5 Å². The van der Waals surface area contributed by atoms with E-state index >= 15 is 0 Å². The van der Waals surface area contributed by atoms with Crippen LogP contribution in [0.5, 0.6) is 0 Å². The second-order valence-electron chi connectivity index (χ2n) is 21.7. The summed E-state index contributed by atoms with van der Waals surface area (Å²) in [5.41, 5.74) is 0. The van der Waals surface area contributed by atoms with Crippen molar-refractivity contribution in [2.24, 2.45) is 0 Å². The molecule has 0 rings (SSSR count). The molecule has 9 nitrogen and oxygen atoms in total. The number of phosphoric acid groups is 1. The fourth-order valence-corrected chi connectivity index (χ4v) is 9.21. The van der Waals surface area contributed by atoms with E-state index in [0.717, 1.165) is 83.5 Å². The average molecular weight is 1070 g/mol. The Morgan fingerprint density at radius 3 is 1.13 bits per heavy atom. The monoisotopic (exact) mass is 1070 g/mol. The minimum atomic E-state index is -4.39. The highest BCUT2D eigenvalue weighted by Gasteiger charge is 2.27. The Morgan fingerprint density at radius 2 is 0.760 bits per heavy atom. The zero-order valence-corrected chi connectivity index (χ0v) is 50.2. The van der Waals surface area contributed by atoms with Crippen molar-refractivity contribution in [2.45, 2.75) is 270 Å². The first-order valence-electron chi connectivity index (χ1n) is 30.8. The van der Waals surface area contributed by atoms with Gasteiger partial charge >= 0.3 is 19.8 Å². The molecular formula is C65H117NO8P+.